The molecule has 0 aliphatic carbocycles. The van der Waals surface area contributed by atoms with E-state index < -0.39 is 12.2 Å². The van der Waals surface area contributed by atoms with Gasteiger partial charge in [0.25, 0.3) is 0 Å². The topological polar surface area (TPSA) is 40.5 Å². The average molecular weight is 273 g/mol. The highest BCUT2D eigenvalue weighted by Gasteiger charge is 2.19. The molecule has 0 fully saturated rings. The molecule has 0 saturated heterocycles. The first-order valence-electron chi connectivity index (χ1n) is 5.05. The third-order valence-electron chi connectivity index (χ3n) is 2.52. The third kappa shape index (κ3) is 3.30. The fourth-order valence-electron chi connectivity index (χ4n) is 1.56. The summed E-state index contributed by atoms with van der Waals surface area (Å²) in [6.07, 6.45) is -0.943. The summed E-state index contributed by atoms with van der Waals surface area (Å²) < 4.78 is 0. The zero-order valence-electron chi connectivity index (χ0n) is 9.07. The van der Waals surface area contributed by atoms with Crippen LogP contribution in [0.5, 0.6) is 0 Å². The Morgan fingerprint density at radius 1 is 1.27 bits per heavy atom. The molecule has 84 valence electrons. The number of hydrogen-bond acceptors (Lipinski definition) is 2. The van der Waals surface area contributed by atoms with E-state index in [0.29, 0.717) is 11.8 Å². The zero-order valence-corrected chi connectivity index (χ0v) is 10.7. The molecule has 0 bridgehead atoms. The Kier molecular flexibility index (Phi) is 4.77. The first-order chi connectivity index (χ1) is 7.06. The van der Waals surface area contributed by atoms with E-state index in [1.165, 1.54) is 0 Å². The molecule has 15 heavy (non-hydrogen) atoms. The Morgan fingerprint density at radius 3 is 2.53 bits per heavy atom. The van der Waals surface area contributed by atoms with Crippen molar-refractivity contribution in [1.82, 2.24) is 0 Å². The highest BCUT2D eigenvalue weighted by Crippen LogP contribution is 2.23. The summed E-state index contributed by atoms with van der Waals surface area (Å²) in [6, 6.07) is 5.90. The molecule has 2 unspecified atom stereocenters. The molecule has 1 aromatic rings. The van der Waals surface area contributed by atoms with E-state index in [9.17, 15) is 10.2 Å². The first-order valence-corrected chi connectivity index (χ1v) is 6.17. The fourth-order valence-corrected chi connectivity index (χ4v) is 2.02. The predicted octanol–water partition coefficient (Wildman–Crippen LogP) is 2.48. The third-order valence-corrected chi connectivity index (χ3v) is 2.98. The van der Waals surface area contributed by atoms with Crippen LogP contribution in [-0.2, 0) is 0 Å². The lowest BCUT2D eigenvalue weighted by Gasteiger charge is -2.19. The summed E-state index contributed by atoms with van der Waals surface area (Å²) in [5, 5.41) is 20.4. The maximum atomic E-state index is 9.95. The Hall–Kier alpha value is -0.380. The van der Waals surface area contributed by atoms with E-state index in [1.54, 1.807) is 0 Å². The SMILES string of the molecule is Cc1ccc(C)c(C(O)C(O)CCBr)c1. The molecule has 0 aliphatic rings. The number of alkyl halides is 1. The lowest BCUT2D eigenvalue weighted by molar-refractivity contribution is 0.0170. The molecule has 1 aromatic carbocycles. The molecule has 0 heterocycles. The van der Waals surface area contributed by atoms with Gasteiger partial charge in [0.1, 0.15) is 6.10 Å². The van der Waals surface area contributed by atoms with E-state index in [2.05, 4.69) is 15.9 Å². The van der Waals surface area contributed by atoms with Crippen molar-refractivity contribution in [2.45, 2.75) is 32.5 Å². The molecular formula is C12H17BrO2. The minimum Gasteiger partial charge on any atom is -0.390 e. The van der Waals surface area contributed by atoms with Gasteiger partial charge in [-0.25, -0.2) is 0 Å². The largest absolute Gasteiger partial charge is 0.390 e. The molecule has 3 heteroatoms. The number of aryl methyl sites for hydroxylation is 2. The molecule has 2 N–H and O–H groups in total. The maximum Gasteiger partial charge on any atom is 0.105 e. The van der Waals surface area contributed by atoms with E-state index in [-0.39, 0.29) is 0 Å². The number of benzene rings is 1. The van der Waals surface area contributed by atoms with Crippen molar-refractivity contribution in [2.24, 2.45) is 0 Å². The second kappa shape index (κ2) is 5.64. The van der Waals surface area contributed by atoms with Crippen LogP contribution in [0.25, 0.3) is 0 Å². The standard InChI is InChI=1S/C12H17BrO2/c1-8-3-4-9(2)10(7-8)12(15)11(14)5-6-13/h3-4,7,11-12,14-15H,5-6H2,1-2H3. The summed E-state index contributed by atoms with van der Waals surface area (Å²) in [5.74, 6) is 0. The van der Waals surface area contributed by atoms with Gasteiger partial charge in [-0.2, -0.15) is 0 Å². The highest BCUT2D eigenvalue weighted by molar-refractivity contribution is 9.09. The Labute approximate surface area is 99.1 Å². The fraction of sp³-hybridized carbons (Fsp3) is 0.500. The average Bonchev–Trinajstić information content (AvgIpc) is 2.21. The highest BCUT2D eigenvalue weighted by atomic mass is 79.9. The number of aliphatic hydroxyl groups excluding tert-OH is 2. The monoisotopic (exact) mass is 272 g/mol. The van der Waals surface area contributed by atoms with Crippen LogP contribution in [0.4, 0.5) is 0 Å². The van der Waals surface area contributed by atoms with Crippen molar-refractivity contribution in [3.05, 3.63) is 34.9 Å². The van der Waals surface area contributed by atoms with E-state index in [4.69, 9.17) is 0 Å². The molecule has 0 radical (unpaired) electrons. The molecule has 0 spiro atoms. The van der Waals surface area contributed by atoms with Gasteiger partial charge in [-0.1, -0.05) is 39.7 Å². The predicted molar refractivity (Wildman–Crippen MR) is 65.3 cm³/mol. The Balaban J connectivity index is 2.89. The maximum absolute atomic E-state index is 9.95. The van der Waals surface area contributed by atoms with E-state index in [0.717, 1.165) is 16.7 Å². The Bertz CT molecular complexity index is 325. The minimum absolute atomic E-state index is 0.550. The number of aliphatic hydroxyl groups is 2. The van der Waals surface area contributed by atoms with Gasteiger partial charge in [0.05, 0.1) is 6.10 Å². The molecule has 0 saturated carbocycles. The van der Waals surface area contributed by atoms with E-state index in [1.807, 2.05) is 32.0 Å². The summed E-state index contributed by atoms with van der Waals surface area (Å²) in [5.41, 5.74) is 2.94. The molecule has 0 amide bonds. The van der Waals surface area contributed by atoms with Crippen LogP contribution in [0.1, 0.15) is 29.2 Å². The number of hydrogen-bond donors (Lipinski definition) is 2. The van der Waals surface area contributed by atoms with Gasteiger partial charge >= 0.3 is 0 Å². The quantitative estimate of drug-likeness (QED) is 0.827. The van der Waals surface area contributed by atoms with Crippen LogP contribution in [-0.4, -0.2) is 21.6 Å². The molecular weight excluding hydrogens is 256 g/mol. The van der Waals surface area contributed by atoms with Crippen molar-refractivity contribution in [3.63, 3.8) is 0 Å². The zero-order chi connectivity index (χ0) is 11.4. The normalized spacial score (nSPS) is 15.0. The summed E-state index contributed by atoms with van der Waals surface area (Å²) in [7, 11) is 0. The van der Waals surface area contributed by atoms with Gasteiger partial charge in [0.15, 0.2) is 0 Å². The van der Waals surface area contributed by atoms with Crippen molar-refractivity contribution in [1.29, 1.82) is 0 Å². The second-order valence-electron chi connectivity index (χ2n) is 3.85. The van der Waals surface area contributed by atoms with Crippen LogP contribution in [0.15, 0.2) is 18.2 Å². The number of halogens is 1. The van der Waals surface area contributed by atoms with Gasteiger partial charge < -0.3 is 10.2 Å². The second-order valence-corrected chi connectivity index (χ2v) is 4.64. The smallest absolute Gasteiger partial charge is 0.105 e. The minimum atomic E-state index is -0.789. The van der Waals surface area contributed by atoms with Crippen molar-refractivity contribution in [2.75, 3.05) is 5.33 Å². The van der Waals surface area contributed by atoms with Crippen LogP contribution in [0, 0.1) is 13.8 Å². The van der Waals surface area contributed by atoms with Crippen LogP contribution in [0.3, 0.4) is 0 Å². The molecule has 0 aliphatic heterocycles. The summed E-state index contributed by atoms with van der Waals surface area (Å²) in [6.45, 7) is 3.92. The summed E-state index contributed by atoms with van der Waals surface area (Å²) in [4.78, 5) is 0. The van der Waals surface area contributed by atoms with Crippen LogP contribution in [0.2, 0.25) is 0 Å². The van der Waals surface area contributed by atoms with Crippen molar-refractivity contribution < 1.29 is 10.2 Å². The molecule has 0 aromatic heterocycles. The van der Waals surface area contributed by atoms with Crippen molar-refractivity contribution >= 4 is 15.9 Å². The van der Waals surface area contributed by atoms with Gasteiger partial charge in [0.2, 0.25) is 0 Å². The number of rotatable bonds is 4. The molecule has 2 atom stereocenters. The lowest BCUT2D eigenvalue weighted by Crippen LogP contribution is -2.19. The molecule has 2 nitrogen and oxygen atoms in total. The van der Waals surface area contributed by atoms with Gasteiger partial charge in [-0.15, -0.1) is 0 Å². The van der Waals surface area contributed by atoms with Gasteiger partial charge in [0, 0.05) is 5.33 Å². The summed E-state index contributed by atoms with van der Waals surface area (Å²) >= 11 is 3.25. The van der Waals surface area contributed by atoms with Gasteiger partial charge in [-0.3, -0.25) is 0 Å². The first kappa shape index (κ1) is 12.7. The van der Waals surface area contributed by atoms with Crippen LogP contribution < -0.4 is 0 Å². The van der Waals surface area contributed by atoms with Gasteiger partial charge in [-0.05, 0) is 31.4 Å². The van der Waals surface area contributed by atoms with Crippen LogP contribution >= 0.6 is 15.9 Å². The van der Waals surface area contributed by atoms with Crippen molar-refractivity contribution in [3.8, 4) is 0 Å². The molecule has 1 rings (SSSR count). The lowest BCUT2D eigenvalue weighted by atomic mass is 9.96. The Morgan fingerprint density at radius 2 is 1.93 bits per heavy atom. The van der Waals surface area contributed by atoms with E-state index >= 15 is 0 Å².